The molecule has 5 rings (SSSR count). The van der Waals surface area contributed by atoms with Crippen molar-refractivity contribution in [3.63, 3.8) is 0 Å². The molecule has 3 aromatic rings. The van der Waals surface area contributed by atoms with Gasteiger partial charge in [0.15, 0.2) is 0 Å². The van der Waals surface area contributed by atoms with Crippen LogP contribution in [0.25, 0.3) is 0 Å². The van der Waals surface area contributed by atoms with E-state index in [-0.39, 0.29) is 18.3 Å². The van der Waals surface area contributed by atoms with Gasteiger partial charge in [-0.1, -0.05) is 54.6 Å². The molecule has 1 fully saturated rings. The highest BCUT2D eigenvalue weighted by atomic mass is 35.5. The van der Waals surface area contributed by atoms with E-state index in [1.165, 1.54) is 16.7 Å². The SMILES string of the molecule is Cl.O=C(C1CCN(Cc2cccc(Oc3ccccc3)c2)CC1)N1CCc2ccccc2C1. The molecule has 0 bridgehead atoms. The summed E-state index contributed by atoms with van der Waals surface area (Å²) < 4.78 is 5.98. The van der Waals surface area contributed by atoms with Crippen LogP contribution in [-0.2, 0) is 24.3 Å². The zero-order valence-electron chi connectivity index (χ0n) is 18.9. The van der Waals surface area contributed by atoms with Gasteiger partial charge in [-0.3, -0.25) is 9.69 Å². The standard InChI is InChI=1S/C28H30N2O2.ClH/c31-28(30-18-15-23-8-4-5-9-25(23)21-30)24-13-16-29(17-14-24)20-22-7-6-12-27(19-22)32-26-10-2-1-3-11-26;/h1-12,19,24H,13-18,20-21H2;1H. The van der Waals surface area contributed by atoms with Gasteiger partial charge in [-0.25, -0.2) is 0 Å². The minimum absolute atomic E-state index is 0. The van der Waals surface area contributed by atoms with Crippen molar-refractivity contribution < 1.29 is 9.53 Å². The molecule has 0 saturated carbocycles. The van der Waals surface area contributed by atoms with Gasteiger partial charge in [-0.05, 0) is 73.3 Å². The average molecular weight is 463 g/mol. The summed E-state index contributed by atoms with van der Waals surface area (Å²) in [5.41, 5.74) is 3.95. The molecule has 33 heavy (non-hydrogen) atoms. The fourth-order valence-corrected chi connectivity index (χ4v) is 4.87. The molecule has 0 spiro atoms. The highest BCUT2D eigenvalue weighted by Gasteiger charge is 2.30. The maximum Gasteiger partial charge on any atom is 0.226 e. The summed E-state index contributed by atoms with van der Waals surface area (Å²) in [4.78, 5) is 17.7. The number of nitrogens with zero attached hydrogens (tertiary/aromatic N) is 2. The number of likely N-dealkylation sites (tertiary alicyclic amines) is 1. The molecule has 1 saturated heterocycles. The second-order valence-corrected chi connectivity index (χ2v) is 8.89. The lowest BCUT2D eigenvalue weighted by atomic mass is 9.93. The van der Waals surface area contributed by atoms with Gasteiger partial charge in [-0.15, -0.1) is 12.4 Å². The van der Waals surface area contributed by atoms with Crippen molar-refractivity contribution in [2.75, 3.05) is 19.6 Å². The number of amides is 1. The molecular formula is C28H31ClN2O2. The van der Waals surface area contributed by atoms with Gasteiger partial charge in [0.05, 0.1) is 0 Å². The second-order valence-electron chi connectivity index (χ2n) is 8.89. The van der Waals surface area contributed by atoms with Crippen LogP contribution in [0.15, 0.2) is 78.9 Å². The van der Waals surface area contributed by atoms with Gasteiger partial charge < -0.3 is 9.64 Å². The Bertz CT molecular complexity index is 1060. The maximum atomic E-state index is 13.1. The third-order valence-corrected chi connectivity index (χ3v) is 6.66. The highest BCUT2D eigenvalue weighted by molar-refractivity contribution is 5.85. The Labute approximate surface area is 202 Å². The van der Waals surface area contributed by atoms with Gasteiger partial charge in [0.2, 0.25) is 5.91 Å². The van der Waals surface area contributed by atoms with E-state index < -0.39 is 0 Å². The van der Waals surface area contributed by atoms with Crippen LogP contribution < -0.4 is 4.74 Å². The van der Waals surface area contributed by atoms with E-state index in [0.717, 1.165) is 63.5 Å². The number of carbonyl (C=O) groups is 1. The Hall–Kier alpha value is -2.82. The summed E-state index contributed by atoms with van der Waals surface area (Å²) in [5.74, 6) is 2.22. The van der Waals surface area contributed by atoms with Crippen LogP contribution in [0.4, 0.5) is 0 Å². The Kier molecular flexibility index (Phi) is 7.69. The quantitative estimate of drug-likeness (QED) is 0.487. The van der Waals surface area contributed by atoms with Crippen molar-refractivity contribution in [1.82, 2.24) is 9.80 Å². The van der Waals surface area contributed by atoms with Crippen LogP contribution in [0.3, 0.4) is 0 Å². The van der Waals surface area contributed by atoms with E-state index in [1.807, 2.05) is 36.4 Å². The number of rotatable bonds is 5. The van der Waals surface area contributed by atoms with E-state index in [0.29, 0.717) is 5.91 Å². The second kappa shape index (κ2) is 10.9. The van der Waals surface area contributed by atoms with E-state index >= 15 is 0 Å². The van der Waals surface area contributed by atoms with Crippen LogP contribution in [-0.4, -0.2) is 35.3 Å². The Morgan fingerprint density at radius 1 is 0.818 bits per heavy atom. The third-order valence-electron chi connectivity index (χ3n) is 6.66. The molecular weight excluding hydrogens is 432 g/mol. The molecule has 2 aliphatic heterocycles. The normalized spacial score (nSPS) is 16.5. The lowest BCUT2D eigenvalue weighted by Gasteiger charge is -2.36. The number of benzene rings is 3. The molecule has 0 N–H and O–H groups in total. The van der Waals surface area contributed by atoms with Crippen molar-refractivity contribution >= 4 is 18.3 Å². The van der Waals surface area contributed by atoms with Crippen LogP contribution in [0, 0.1) is 5.92 Å². The summed E-state index contributed by atoms with van der Waals surface area (Å²) in [6, 6.07) is 26.7. The number of hydrogen-bond acceptors (Lipinski definition) is 3. The van der Waals surface area contributed by atoms with Gasteiger partial charge in [0, 0.05) is 25.6 Å². The van der Waals surface area contributed by atoms with E-state index in [2.05, 4.69) is 52.3 Å². The smallest absolute Gasteiger partial charge is 0.226 e. The van der Waals surface area contributed by atoms with Crippen molar-refractivity contribution in [3.8, 4) is 11.5 Å². The molecule has 5 heteroatoms. The minimum Gasteiger partial charge on any atom is -0.457 e. The molecule has 4 nitrogen and oxygen atoms in total. The molecule has 0 radical (unpaired) electrons. The number of ether oxygens (including phenoxy) is 1. The number of piperidine rings is 1. The Balaban J connectivity index is 0.00000259. The minimum atomic E-state index is 0. The maximum absolute atomic E-state index is 13.1. The fourth-order valence-electron chi connectivity index (χ4n) is 4.87. The molecule has 3 aromatic carbocycles. The molecule has 1 amide bonds. The van der Waals surface area contributed by atoms with E-state index in [1.54, 1.807) is 0 Å². The van der Waals surface area contributed by atoms with Crippen LogP contribution >= 0.6 is 12.4 Å². The van der Waals surface area contributed by atoms with Gasteiger partial charge in [0.1, 0.15) is 11.5 Å². The van der Waals surface area contributed by atoms with Crippen molar-refractivity contribution in [1.29, 1.82) is 0 Å². The lowest BCUT2D eigenvalue weighted by Crippen LogP contribution is -2.44. The van der Waals surface area contributed by atoms with Gasteiger partial charge in [-0.2, -0.15) is 0 Å². The first-order valence-electron chi connectivity index (χ1n) is 11.6. The summed E-state index contributed by atoms with van der Waals surface area (Å²) >= 11 is 0. The average Bonchev–Trinajstić information content (AvgIpc) is 2.85. The summed E-state index contributed by atoms with van der Waals surface area (Å²) in [7, 11) is 0. The first-order valence-corrected chi connectivity index (χ1v) is 11.6. The first kappa shape index (κ1) is 23.3. The summed E-state index contributed by atoms with van der Waals surface area (Å²) in [5, 5.41) is 0. The van der Waals surface area contributed by atoms with Crippen LogP contribution in [0.1, 0.15) is 29.5 Å². The lowest BCUT2D eigenvalue weighted by molar-refractivity contribution is -0.138. The molecule has 0 unspecified atom stereocenters. The molecule has 2 aliphatic rings. The molecule has 0 atom stereocenters. The Morgan fingerprint density at radius 2 is 1.52 bits per heavy atom. The number of fused-ring (bicyclic) bond motifs is 1. The molecule has 0 aromatic heterocycles. The number of para-hydroxylation sites is 1. The molecule has 0 aliphatic carbocycles. The monoisotopic (exact) mass is 462 g/mol. The van der Waals surface area contributed by atoms with E-state index in [4.69, 9.17) is 4.74 Å². The zero-order chi connectivity index (χ0) is 21.8. The third kappa shape index (κ3) is 5.76. The number of carbonyl (C=O) groups excluding carboxylic acids is 1. The van der Waals surface area contributed by atoms with Crippen LogP contribution in [0.2, 0.25) is 0 Å². The van der Waals surface area contributed by atoms with Gasteiger partial charge in [0.25, 0.3) is 0 Å². The molecule has 172 valence electrons. The highest BCUT2D eigenvalue weighted by Crippen LogP contribution is 2.27. The predicted octanol–water partition coefficient (Wildman–Crippen LogP) is 5.70. The van der Waals surface area contributed by atoms with Crippen molar-refractivity contribution in [2.24, 2.45) is 5.92 Å². The van der Waals surface area contributed by atoms with Gasteiger partial charge >= 0.3 is 0 Å². The zero-order valence-corrected chi connectivity index (χ0v) is 19.7. The summed E-state index contributed by atoms with van der Waals surface area (Å²) in [6.07, 6.45) is 2.86. The van der Waals surface area contributed by atoms with Crippen LogP contribution in [0.5, 0.6) is 11.5 Å². The topological polar surface area (TPSA) is 32.8 Å². The van der Waals surface area contributed by atoms with Crippen molar-refractivity contribution in [3.05, 3.63) is 95.6 Å². The predicted molar refractivity (Wildman–Crippen MR) is 134 cm³/mol. The first-order chi connectivity index (χ1) is 15.7. The fraction of sp³-hybridized carbons (Fsp3) is 0.321. The van der Waals surface area contributed by atoms with Crippen molar-refractivity contribution in [2.45, 2.75) is 32.4 Å². The largest absolute Gasteiger partial charge is 0.457 e. The Morgan fingerprint density at radius 3 is 2.30 bits per heavy atom. The van der Waals surface area contributed by atoms with E-state index in [9.17, 15) is 4.79 Å². The molecule has 2 heterocycles. The summed E-state index contributed by atoms with van der Waals surface area (Å²) in [6.45, 7) is 4.44. The number of hydrogen-bond donors (Lipinski definition) is 0. The number of halogens is 1.